The van der Waals surface area contributed by atoms with Gasteiger partial charge in [0.2, 0.25) is 0 Å². The van der Waals surface area contributed by atoms with Crippen LogP contribution in [0.2, 0.25) is 0 Å². The summed E-state index contributed by atoms with van der Waals surface area (Å²) in [6.45, 7) is 5.59. The van der Waals surface area contributed by atoms with E-state index in [4.69, 9.17) is 9.47 Å². The summed E-state index contributed by atoms with van der Waals surface area (Å²) in [5, 5.41) is 25.1. The molecule has 0 aliphatic rings. The van der Waals surface area contributed by atoms with Crippen molar-refractivity contribution in [3.63, 3.8) is 0 Å². The SMILES string of the molecule is CCOc1c(Br)cc(C(c2c(C)[nH]n(-c3cccc(C(=O)O)c3)c2=O)c2c(C)[nH]n(-c3cccc(C(=O)O)c3)c2=O)cc1OC. The molecule has 4 N–H and O–H groups in total. The van der Waals surface area contributed by atoms with Crippen molar-refractivity contribution >= 4 is 27.9 Å². The van der Waals surface area contributed by atoms with Gasteiger partial charge in [0.15, 0.2) is 11.5 Å². The zero-order chi connectivity index (χ0) is 32.6. The van der Waals surface area contributed by atoms with Crippen LogP contribution < -0.4 is 20.6 Å². The number of nitrogens with zero attached hydrogens (tertiary/aromatic N) is 2. The van der Waals surface area contributed by atoms with Gasteiger partial charge in [-0.3, -0.25) is 19.8 Å². The van der Waals surface area contributed by atoms with E-state index in [-0.39, 0.29) is 22.3 Å². The van der Waals surface area contributed by atoms with Crippen LogP contribution in [0.15, 0.2) is 74.7 Å². The number of H-pyrrole nitrogens is 2. The molecule has 232 valence electrons. The van der Waals surface area contributed by atoms with E-state index in [9.17, 15) is 29.4 Å². The van der Waals surface area contributed by atoms with Crippen molar-refractivity contribution in [1.82, 2.24) is 19.6 Å². The van der Waals surface area contributed by atoms with Crippen LogP contribution in [0.25, 0.3) is 11.4 Å². The van der Waals surface area contributed by atoms with Crippen LogP contribution in [0.5, 0.6) is 11.5 Å². The third-order valence-corrected chi connectivity index (χ3v) is 7.98. The minimum Gasteiger partial charge on any atom is -0.493 e. The van der Waals surface area contributed by atoms with Crippen molar-refractivity contribution in [1.29, 1.82) is 0 Å². The highest BCUT2D eigenvalue weighted by atomic mass is 79.9. The molecule has 0 unspecified atom stereocenters. The number of ether oxygens (including phenoxy) is 2. The summed E-state index contributed by atoms with van der Waals surface area (Å²) < 4.78 is 14.4. The van der Waals surface area contributed by atoms with Crippen molar-refractivity contribution in [2.24, 2.45) is 0 Å². The van der Waals surface area contributed by atoms with E-state index in [0.717, 1.165) is 0 Å². The molecule has 0 atom stereocenters. The van der Waals surface area contributed by atoms with Crippen molar-refractivity contribution < 1.29 is 29.3 Å². The van der Waals surface area contributed by atoms with Gasteiger partial charge in [0.05, 0.1) is 51.8 Å². The number of methoxy groups -OCH3 is 1. The quantitative estimate of drug-likeness (QED) is 0.160. The minimum absolute atomic E-state index is 0.00195. The van der Waals surface area contributed by atoms with Gasteiger partial charge in [-0.25, -0.2) is 19.0 Å². The van der Waals surface area contributed by atoms with E-state index in [2.05, 4.69) is 26.1 Å². The number of aryl methyl sites for hydroxylation is 2. The zero-order valence-corrected chi connectivity index (χ0v) is 26.3. The second-order valence-corrected chi connectivity index (χ2v) is 11.0. The van der Waals surface area contributed by atoms with E-state index >= 15 is 0 Å². The molecule has 13 heteroatoms. The molecule has 0 amide bonds. The smallest absolute Gasteiger partial charge is 0.335 e. The lowest BCUT2D eigenvalue weighted by molar-refractivity contribution is 0.0686. The molecule has 12 nitrogen and oxygen atoms in total. The number of carboxylic acids is 2. The first-order chi connectivity index (χ1) is 21.5. The summed E-state index contributed by atoms with van der Waals surface area (Å²) in [6, 6.07) is 15.3. The Morgan fingerprint density at radius 2 is 1.33 bits per heavy atom. The average Bonchev–Trinajstić information content (AvgIpc) is 3.48. The summed E-state index contributed by atoms with van der Waals surface area (Å²) in [4.78, 5) is 51.7. The molecule has 0 saturated heterocycles. The predicted molar refractivity (Wildman–Crippen MR) is 169 cm³/mol. The monoisotopic (exact) mass is 676 g/mol. The molecule has 0 aliphatic heterocycles. The number of aromatic amines is 2. The van der Waals surface area contributed by atoms with Crippen molar-refractivity contribution in [2.75, 3.05) is 13.7 Å². The maximum absolute atomic E-state index is 14.2. The summed E-state index contributed by atoms with van der Waals surface area (Å²) in [5.41, 5.74) is 1.47. The van der Waals surface area contributed by atoms with E-state index in [1.807, 2.05) is 6.92 Å². The number of carboxylic acid groups (broad SMARTS) is 2. The first kappa shape index (κ1) is 31.1. The standard InChI is InChI=1S/C32H29BrN4O8/c1-5-45-28-23(33)14-20(15-24(28)44-4)27(25-16(2)34-36(29(25)38)21-10-6-8-18(12-21)31(40)41)26-17(3)35-37(30(26)39)22-11-7-9-19(13-22)32(42)43/h6-15,27,34-35H,5H2,1-4H3,(H,40,41)(H,42,43). The molecule has 0 saturated carbocycles. The number of aromatic nitrogens is 4. The first-order valence-electron chi connectivity index (χ1n) is 13.8. The molecule has 2 aromatic heterocycles. The Hall–Kier alpha value is -5.30. The topological polar surface area (TPSA) is 169 Å². The Labute approximate surface area is 264 Å². The van der Waals surface area contributed by atoms with Crippen molar-refractivity contribution in [3.8, 4) is 22.9 Å². The normalized spacial score (nSPS) is 11.2. The third-order valence-electron chi connectivity index (χ3n) is 7.39. The Morgan fingerprint density at radius 1 is 0.844 bits per heavy atom. The van der Waals surface area contributed by atoms with E-state index in [0.29, 0.717) is 50.9 Å². The molecular weight excluding hydrogens is 648 g/mol. The second-order valence-electron chi connectivity index (χ2n) is 10.2. The average molecular weight is 678 g/mol. The highest BCUT2D eigenvalue weighted by Gasteiger charge is 2.32. The molecule has 5 rings (SSSR count). The fraction of sp³-hybridized carbons (Fsp3) is 0.188. The van der Waals surface area contributed by atoms with Crippen LogP contribution in [0.4, 0.5) is 0 Å². The van der Waals surface area contributed by atoms with E-state index in [1.165, 1.54) is 52.9 Å². The lowest BCUT2D eigenvalue weighted by Crippen LogP contribution is -2.25. The Kier molecular flexibility index (Phi) is 8.55. The molecule has 0 fully saturated rings. The number of halogens is 1. The Balaban J connectivity index is 1.80. The highest BCUT2D eigenvalue weighted by Crippen LogP contribution is 2.42. The van der Waals surface area contributed by atoms with Gasteiger partial charge in [0.25, 0.3) is 11.1 Å². The van der Waals surface area contributed by atoms with Gasteiger partial charge in [-0.05, 0) is 90.8 Å². The maximum Gasteiger partial charge on any atom is 0.335 e. The Morgan fingerprint density at radius 3 is 1.76 bits per heavy atom. The second kappa shape index (κ2) is 12.4. The summed E-state index contributed by atoms with van der Waals surface area (Å²) in [6.07, 6.45) is 0. The largest absolute Gasteiger partial charge is 0.493 e. The van der Waals surface area contributed by atoms with Crippen molar-refractivity contribution in [2.45, 2.75) is 26.7 Å². The Bertz CT molecular complexity index is 1950. The number of hydrogen-bond donors (Lipinski definition) is 4. The summed E-state index contributed by atoms with van der Waals surface area (Å²) in [7, 11) is 1.48. The lowest BCUT2D eigenvalue weighted by Gasteiger charge is -2.19. The van der Waals surface area contributed by atoms with Gasteiger partial charge in [-0.1, -0.05) is 12.1 Å². The third kappa shape index (κ3) is 5.69. The maximum atomic E-state index is 14.2. The number of rotatable bonds is 10. The van der Waals surface area contributed by atoms with Crippen LogP contribution in [-0.2, 0) is 0 Å². The van der Waals surface area contributed by atoms with Crippen LogP contribution in [-0.4, -0.2) is 55.4 Å². The van der Waals surface area contributed by atoms with Crippen LogP contribution in [0.3, 0.4) is 0 Å². The number of carbonyl (C=O) groups is 2. The van der Waals surface area contributed by atoms with Crippen LogP contribution >= 0.6 is 15.9 Å². The summed E-state index contributed by atoms with van der Waals surface area (Å²) in [5.74, 6) is -2.42. The van der Waals surface area contributed by atoms with Gasteiger partial charge in [-0.15, -0.1) is 0 Å². The van der Waals surface area contributed by atoms with E-state index < -0.39 is 29.0 Å². The zero-order valence-electron chi connectivity index (χ0n) is 24.7. The van der Waals surface area contributed by atoms with Crippen LogP contribution in [0.1, 0.15) is 61.6 Å². The number of aromatic carboxylic acids is 2. The molecule has 0 radical (unpaired) electrons. The van der Waals surface area contributed by atoms with Crippen molar-refractivity contribution in [3.05, 3.63) is 125 Å². The van der Waals surface area contributed by atoms with Crippen LogP contribution in [0, 0.1) is 13.8 Å². The predicted octanol–water partition coefficient (Wildman–Crippen LogP) is 5.01. The molecule has 2 heterocycles. The molecule has 0 aliphatic carbocycles. The fourth-order valence-corrected chi connectivity index (χ4v) is 5.96. The summed E-state index contributed by atoms with van der Waals surface area (Å²) >= 11 is 3.56. The first-order valence-corrected chi connectivity index (χ1v) is 14.6. The molecule has 3 aromatic carbocycles. The number of benzene rings is 3. The highest BCUT2D eigenvalue weighted by molar-refractivity contribution is 9.10. The number of hydrogen-bond acceptors (Lipinski definition) is 6. The van der Waals surface area contributed by atoms with Gasteiger partial charge in [0, 0.05) is 17.3 Å². The molecule has 0 bridgehead atoms. The molecule has 0 spiro atoms. The van der Waals surface area contributed by atoms with Gasteiger partial charge < -0.3 is 19.7 Å². The minimum atomic E-state index is -1.15. The molecular formula is C32H29BrN4O8. The molecule has 5 aromatic rings. The van der Waals surface area contributed by atoms with Gasteiger partial charge in [-0.2, -0.15) is 0 Å². The fourth-order valence-electron chi connectivity index (χ4n) is 5.39. The molecule has 45 heavy (non-hydrogen) atoms. The number of nitrogens with one attached hydrogen (secondary N) is 2. The van der Waals surface area contributed by atoms with Gasteiger partial charge >= 0.3 is 11.9 Å². The lowest BCUT2D eigenvalue weighted by atomic mass is 9.85. The van der Waals surface area contributed by atoms with Gasteiger partial charge in [0.1, 0.15) is 0 Å². The van der Waals surface area contributed by atoms with E-state index in [1.54, 1.807) is 38.1 Å².